The van der Waals surface area contributed by atoms with Crippen molar-refractivity contribution in [3.63, 3.8) is 0 Å². The van der Waals surface area contributed by atoms with Gasteiger partial charge >= 0.3 is 5.97 Å². The number of anilines is 1. The molecular weight excluding hydrogens is 276 g/mol. The third-order valence-electron chi connectivity index (χ3n) is 4.37. The van der Waals surface area contributed by atoms with E-state index in [0.717, 1.165) is 36.8 Å². The molecule has 0 unspecified atom stereocenters. The molecule has 0 saturated carbocycles. The number of aromatic carboxylic acids is 1. The zero-order chi connectivity index (χ0) is 15.7. The maximum atomic E-state index is 11.7. The van der Waals surface area contributed by atoms with Crippen LogP contribution in [0, 0.1) is 0 Å². The molecule has 0 atom stereocenters. The predicted molar refractivity (Wildman–Crippen MR) is 88.9 cm³/mol. The average molecular weight is 298 g/mol. The molecule has 0 amide bonds. The van der Waals surface area contributed by atoms with Crippen molar-refractivity contribution in [1.82, 2.24) is 4.98 Å². The summed E-state index contributed by atoms with van der Waals surface area (Å²) in [5.41, 5.74) is 2.39. The minimum atomic E-state index is -0.898. The third kappa shape index (κ3) is 2.78. The topological polar surface area (TPSA) is 53.4 Å². The predicted octanol–water partition coefficient (Wildman–Crippen LogP) is 4.05. The third-order valence-corrected chi connectivity index (χ3v) is 4.37. The van der Waals surface area contributed by atoms with Crippen molar-refractivity contribution in [3.8, 4) is 0 Å². The molecule has 1 aromatic carbocycles. The van der Waals surface area contributed by atoms with Crippen LogP contribution in [0.1, 0.15) is 54.9 Å². The highest BCUT2D eigenvalue weighted by Gasteiger charge is 2.20. The summed E-state index contributed by atoms with van der Waals surface area (Å²) < 4.78 is 0. The quantitative estimate of drug-likeness (QED) is 0.929. The van der Waals surface area contributed by atoms with Crippen LogP contribution in [0.2, 0.25) is 0 Å². The first-order chi connectivity index (χ1) is 10.6. The minimum absolute atomic E-state index is 0.315. The first-order valence-corrected chi connectivity index (χ1v) is 7.99. The van der Waals surface area contributed by atoms with Crippen LogP contribution in [0.3, 0.4) is 0 Å². The number of benzene rings is 1. The fraction of sp³-hybridized carbons (Fsp3) is 0.444. The number of fused-ring (bicyclic) bond motifs is 1. The number of pyridine rings is 1. The van der Waals surface area contributed by atoms with Crippen LogP contribution in [0.4, 0.5) is 5.82 Å². The number of nitrogens with zero attached hydrogens (tertiary/aromatic N) is 2. The van der Waals surface area contributed by atoms with Crippen molar-refractivity contribution in [2.24, 2.45) is 0 Å². The molecule has 2 aromatic rings. The number of hydrogen-bond acceptors (Lipinski definition) is 3. The van der Waals surface area contributed by atoms with Gasteiger partial charge in [-0.3, -0.25) is 0 Å². The Kier molecular flexibility index (Phi) is 4.01. The minimum Gasteiger partial charge on any atom is -0.478 e. The van der Waals surface area contributed by atoms with Gasteiger partial charge in [0.1, 0.15) is 11.4 Å². The lowest BCUT2D eigenvalue weighted by atomic mass is 10.00. The average Bonchev–Trinajstić information content (AvgIpc) is 2.53. The van der Waals surface area contributed by atoms with Gasteiger partial charge < -0.3 is 10.0 Å². The second-order valence-electron chi connectivity index (χ2n) is 6.32. The van der Waals surface area contributed by atoms with Gasteiger partial charge in [-0.15, -0.1) is 0 Å². The molecule has 1 aliphatic heterocycles. The zero-order valence-corrected chi connectivity index (χ0v) is 13.2. The molecule has 1 saturated heterocycles. The Bertz CT molecular complexity index is 704. The first kappa shape index (κ1) is 14.8. The highest BCUT2D eigenvalue weighted by molar-refractivity contribution is 5.98. The molecular formula is C18H22N2O2. The molecule has 1 fully saturated rings. The van der Waals surface area contributed by atoms with E-state index in [0.29, 0.717) is 17.3 Å². The van der Waals surface area contributed by atoms with Crippen LogP contribution in [0.15, 0.2) is 24.3 Å². The Labute approximate surface area is 130 Å². The van der Waals surface area contributed by atoms with E-state index in [9.17, 15) is 9.90 Å². The fourth-order valence-electron chi connectivity index (χ4n) is 3.05. The van der Waals surface area contributed by atoms with Gasteiger partial charge in [0, 0.05) is 18.5 Å². The molecule has 1 aromatic heterocycles. The van der Waals surface area contributed by atoms with Gasteiger partial charge in [0.15, 0.2) is 0 Å². The van der Waals surface area contributed by atoms with Gasteiger partial charge in [0.05, 0.1) is 5.52 Å². The monoisotopic (exact) mass is 298 g/mol. The number of carboxylic acid groups (broad SMARTS) is 1. The smallest absolute Gasteiger partial charge is 0.339 e. The lowest BCUT2D eigenvalue weighted by Crippen LogP contribution is -2.31. The van der Waals surface area contributed by atoms with Crippen molar-refractivity contribution in [1.29, 1.82) is 0 Å². The van der Waals surface area contributed by atoms with Crippen molar-refractivity contribution < 1.29 is 9.90 Å². The van der Waals surface area contributed by atoms with Crippen LogP contribution < -0.4 is 4.90 Å². The van der Waals surface area contributed by atoms with E-state index in [1.165, 1.54) is 12.0 Å². The maximum absolute atomic E-state index is 11.7. The molecule has 4 heteroatoms. The first-order valence-electron chi connectivity index (χ1n) is 7.99. The second-order valence-corrected chi connectivity index (χ2v) is 6.32. The summed E-state index contributed by atoms with van der Waals surface area (Å²) in [5.74, 6) is 0.140. The normalized spacial score (nSPS) is 15.5. The van der Waals surface area contributed by atoms with Crippen molar-refractivity contribution in [2.75, 3.05) is 18.0 Å². The fourth-order valence-corrected chi connectivity index (χ4v) is 3.05. The van der Waals surface area contributed by atoms with Gasteiger partial charge in [0.25, 0.3) is 0 Å². The number of carbonyl (C=O) groups is 1. The summed E-state index contributed by atoms with van der Waals surface area (Å²) >= 11 is 0. The van der Waals surface area contributed by atoms with Crippen LogP contribution in [-0.4, -0.2) is 29.1 Å². The van der Waals surface area contributed by atoms with Crippen LogP contribution in [-0.2, 0) is 0 Å². The molecule has 3 rings (SSSR count). The van der Waals surface area contributed by atoms with Crippen molar-refractivity contribution in [3.05, 3.63) is 35.4 Å². The molecule has 2 heterocycles. The summed E-state index contributed by atoms with van der Waals surface area (Å²) in [6, 6.07) is 7.92. The lowest BCUT2D eigenvalue weighted by Gasteiger charge is -2.29. The largest absolute Gasteiger partial charge is 0.478 e. The summed E-state index contributed by atoms with van der Waals surface area (Å²) in [5, 5.41) is 10.5. The summed E-state index contributed by atoms with van der Waals surface area (Å²) in [7, 11) is 0. The summed E-state index contributed by atoms with van der Waals surface area (Å²) in [4.78, 5) is 18.4. The maximum Gasteiger partial charge on any atom is 0.339 e. The number of carboxylic acids is 1. The molecule has 0 aliphatic carbocycles. The van der Waals surface area contributed by atoms with Crippen molar-refractivity contribution >= 4 is 22.7 Å². The Morgan fingerprint density at radius 1 is 1.18 bits per heavy atom. The Morgan fingerprint density at radius 2 is 1.91 bits per heavy atom. The highest BCUT2D eigenvalue weighted by Crippen LogP contribution is 2.28. The summed E-state index contributed by atoms with van der Waals surface area (Å²) in [6.07, 6.45) is 3.42. The van der Waals surface area contributed by atoms with Crippen LogP contribution in [0.5, 0.6) is 0 Å². The number of aromatic nitrogens is 1. The molecule has 1 aliphatic rings. The Morgan fingerprint density at radius 3 is 2.55 bits per heavy atom. The van der Waals surface area contributed by atoms with E-state index in [1.807, 2.05) is 6.07 Å². The van der Waals surface area contributed by atoms with Gasteiger partial charge in [-0.05, 0) is 48.9 Å². The van der Waals surface area contributed by atoms with E-state index in [-0.39, 0.29) is 0 Å². The van der Waals surface area contributed by atoms with E-state index >= 15 is 0 Å². The summed E-state index contributed by atoms with van der Waals surface area (Å²) in [6.45, 7) is 6.05. The Balaban J connectivity index is 2.12. The highest BCUT2D eigenvalue weighted by atomic mass is 16.4. The molecule has 4 nitrogen and oxygen atoms in total. The standard InChI is InChI=1S/C18H22N2O2/c1-12(2)13-6-7-16-14(10-13)11-15(18(21)22)17(19-16)20-8-4-3-5-9-20/h6-7,10-12H,3-5,8-9H2,1-2H3,(H,21,22). The number of rotatable bonds is 3. The zero-order valence-electron chi connectivity index (χ0n) is 13.2. The lowest BCUT2D eigenvalue weighted by molar-refractivity contribution is 0.0697. The van der Waals surface area contributed by atoms with Gasteiger partial charge in [-0.1, -0.05) is 19.9 Å². The van der Waals surface area contributed by atoms with Crippen LogP contribution >= 0.6 is 0 Å². The molecule has 0 radical (unpaired) electrons. The molecule has 22 heavy (non-hydrogen) atoms. The number of hydrogen-bond donors (Lipinski definition) is 1. The molecule has 1 N–H and O–H groups in total. The number of piperidine rings is 1. The molecule has 116 valence electrons. The second kappa shape index (κ2) is 5.95. The SMILES string of the molecule is CC(C)c1ccc2nc(N3CCCCC3)c(C(=O)O)cc2c1. The molecule has 0 spiro atoms. The van der Waals surface area contributed by atoms with Gasteiger partial charge in [0.2, 0.25) is 0 Å². The van der Waals surface area contributed by atoms with Gasteiger partial charge in [-0.2, -0.15) is 0 Å². The van der Waals surface area contributed by atoms with E-state index in [1.54, 1.807) is 6.07 Å². The molecule has 0 bridgehead atoms. The van der Waals surface area contributed by atoms with Crippen molar-refractivity contribution in [2.45, 2.75) is 39.0 Å². The Hall–Kier alpha value is -2.10. The van der Waals surface area contributed by atoms with Gasteiger partial charge in [-0.25, -0.2) is 9.78 Å². The van der Waals surface area contributed by atoms with E-state index < -0.39 is 5.97 Å². The van der Waals surface area contributed by atoms with Crippen LogP contribution in [0.25, 0.3) is 10.9 Å². The van der Waals surface area contributed by atoms with E-state index in [2.05, 4.69) is 35.9 Å². The van der Waals surface area contributed by atoms with E-state index in [4.69, 9.17) is 0 Å².